The van der Waals surface area contributed by atoms with Crippen LogP contribution < -0.4 is 5.32 Å². The van der Waals surface area contributed by atoms with Gasteiger partial charge in [0.25, 0.3) is 0 Å². The van der Waals surface area contributed by atoms with Crippen molar-refractivity contribution in [1.29, 1.82) is 0 Å². The number of fused-ring (bicyclic) bond motifs is 3. The van der Waals surface area contributed by atoms with E-state index in [1.165, 1.54) is 0 Å². The lowest BCUT2D eigenvalue weighted by atomic mass is 10.1. The highest BCUT2D eigenvalue weighted by Crippen LogP contribution is 2.35. The summed E-state index contributed by atoms with van der Waals surface area (Å²) in [6.07, 6.45) is 3.34. The molecule has 0 spiro atoms. The van der Waals surface area contributed by atoms with Gasteiger partial charge in [0, 0.05) is 18.2 Å². The van der Waals surface area contributed by atoms with E-state index in [4.69, 9.17) is 8.94 Å². The van der Waals surface area contributed by atoms with Gasteiger partial charge in [0.2, 0.25) is 5.76 Å². The quantitative estimate of drug-likeness (QED) is 0.642. The second-order valence-corrected chi connectivity index (χ2v) is 2.70. The molecular formula is C8H6N2O2. The lowest BCUT2D eigenvalue weighted by Gasteiger charge is -2.09. The number of rotatable bonds is 0. The molecule has 2 aromatic rings. The number of aromatic nitrogens is 1. The fourth-order valence-corrected chi connectivity index (χ4v) is 1.39. The average Bonchev–Trinajstić information content (AvgIpc) is 2.71. The third kappa shape index (κ3) is 0.592. The third-order valence-corrected chi connectivity index (χ3v) is 1.98. The zero-order valence-electron chi connectivity index (χ0n) is 6.20. The maximum absolute atomic E-state index is 5.24. The molecule has 12 heavy (non-hydrogen) atoms. The van der Waals surface area contributed by atoms with E-state index in [-0.39, 0.29) is 0 Å². The van der Waals surface area contributed by atoms with Crippen molar-refractivity contribution in [2.24, 2.45) is 0 Å². The van der Waals surface area contributed by atoms with Gasteiger partial charge >= 0.3 is 0 Å². The van der Waals surface area contributed by atoms with E-state index in [9.17, 15) is 0 Å². The molecule has 60 valence electrons. The summed E-state index contributed by atoms with van der Waals surface area (Å²) in [6, 6.07) is 1.88. The molecule has 0 aromatic carbocycles. The maximum Gasteiger partial charge on any atom is 0.209 e. The van der Waals surface area contributed by atoms with Crippen LogP contribution in [0.3, 0.4) is 0 Å². The predicted octanol–water partition coefficient (Wildman–Crippen LogP) is 1.86. The molecule has 2 aromatic heterocycles. The Hall–Kier alpha value is -1.71. The Morgan fingerprint density at radius 1 is 1.42 bits per heavy atom. The molecule has 0 radical (unpaired) electrons. The van der Waals surface area contributed by atoms with E-state index in [0.29, 0.717) is 0 Å². The molecule has 1 N–H and O–H groups in total. The summed E-state index contributed by atoms with van der Waals surface area (Å²) in [5.41, 5.74) is 2.01. The van der Waals surface area contributed by atoms with Crippen molar-refractivity contribution in [3.63, 3.8) is 0 Å². The molecule has 0 saturated carbocycles. The lowest BCUT2D eigenvalue weighted by molar-refractivity contribution is 0.416. The fraction of sp³-hybridized carbons (Fsp3) is 0.125. The lowest BCUT2D eigenvalue weighted by Crippen LogP contribution is -2.04. The van der Waals surface area contributed by atoms with Crippen molar-refractivity contribution in [1.82, 2.24) is 5.16 Å². The van der Waals surface area contributed by atoms with Crippen molar-refractivity contribution in [3.05, 3.63) is 24.1 Å². The van der Waals surface area contributed by atoms with Crippen LogP contribution in [0.1, 0.15) is 5.56 Å². The SMILES string of the molecule is c1cc2c(o1)-c1oncc1CN2. The van der Waals surface area contributed by atoms with E-state index in [0.717, 1.165) is 29.3 Å². The Bertz CT molecular complexity index is 376. The smallest absolute Gasteiger partial charge is 0.209 e. The van der Waals surface area contributed by atoms with Crippen molar-refractivity contribution < 1.29 is 8.94 Å². The Morgan fingerprint density at radius 2 is 2.42 bits per heavy atom. The van der Waals surface area contributed by atoms with Gasteiger partial charge in [-0.1, -0.05) is 5.16 Å². The van der Waals surface area contributed by atoms with Gasteiger partial charge in [-0.3, -0.25) is 0 Å². The topological polar surface area (TPSA) is 51.2 Å². The van der Waals surface area contributed by atoms with E-state index in [1.807, 2.05) is 6.07 Å². The van der Waals surface area contributed by atoms with Crippen molar-refractivity contribution in [2.45, 2.75) is 6.54 Å². The summed E-state index contributed by atoms with van der Waals surface area (Å²) in [5.74, 6) is 1.49. The van der Waals surface area contributed by atoms with Gasteiger partial charge in [-0.2, -0.15) is 0 Å². The predicted molar refractivity (Wildman–Crippen MR) is 41.5 cm³/mol. The van der Waals surface area contributed by atoms with E-state index in [2.05, 4.69) is 10.5 Å². The first-order valence-corrected chi connectivity index (χ1v) is 3.70. The molecule has 3 heterocycles. The minimum atomic E-state index is 0.744. The van der Waals surface area contributed by atoms with Crippen LogP contribution in [-0.2, 0) is 6.54 Å². The Balaban J connectivity index is 2.32. The van der Waals surface area contributed by atoms with Crippen LogP contribution >= 0.6 is 0 Å². The molecule has 1 aliphatic rings. The molecule has 4 nitrogen and oxygen atoms in total. The Labute approximate surface area is 68.2 Å². The first kappa shape index (κ1) is 5.88. The number of hydrogen-bond acceptors (Lipinski definition) is 4. The summed E-state index contributed by atoms with van der Waals surface area (Å²) in [4.78, 5) is 0. The average molecular weight is 162 g/mol. The van der Waals surface area contributed by atoms with Crippen LogP contribution in [0.4, 0.5) is 5.69 Å². The van der Waals surface area contributed by atoms with Crippen molar-refractivity contribution in [2.75, 3.05) is 5.32 Å². The van der Waals surface area contributed by atoms with Crippen LogP contribution in [-0.4, -0.2) is 5.16 Å². The molecule has 0 bridgehead atoms. The largest absolute Gasteiger partial charge is 0.459 e. The highest BCUT2D eigenvalue weighted by atomic mass is 16.5. The number of nitrogens with one attached hydrogen (secondary N) is 1. The van der Waals surface area contributed by atoms with Gasteiger partial charge in [-0.05, 0) is 0 Å². The van der Waals surface area contributed by atoms with Gasteiger partial charge in [-0.25, -0.2) is 0 Å². The minimum Gasteiger partial charge on any atom is -0.459 e. The van der Waals surface area contributed by atoms with Crippen LogP contribution in [0.25, 0.3) is 11.5 Å². The molecule has 0 unspecified atom stereocenters. The van der Waals surface area contributed by atoms with E-state index in [1.54, 1.807) is 12.5 Å². The van der Waals surface area contributed by atoms with E-state index < -0.39 is 0 Å². The highest BCUT2D eigenvalue weighted by Gasteiger charge is 2.22. The second kappa shape index (κ2) is 1.91. The van der Waals surface area contributed by atoms with Crippen LogP contribution in [0.5, 0.6) is 0 Å². The molecule has 0 amide bonds. The monoisotopic (exact) mass is 162 g/mol. The standard InChI is InChI=1S/C8H6N2O2/c1-2-11-8-6(1)9-3-5-4-10-12-7(5)8/h1-2,4,9H,3H2. The Morgan fingerprint density at radius 3 is 3.42 bits per heavy atom. The van der Waals surface area contributed by atoms with Gasteiger partial charge < -0.3 is 14.3 Å². The zero-order valence-corrected chi connectivity index (χ0v) is 6.20. The highest BCUT2D eigenvalue weighted by molar-refractivity contribution is 5.74. The van der Waals surface area contributed by atoms with Gasteiger partial charge in [0.05, 0.1) is 18.1 Å². The number of hydrogen-bond donors (Lipinski definition) is 1. The van der Waals surface area contributed by atoms with Crippen LogP contribution in [0.2, 0.25) is 0 Å². The molecule has 4 heteroatoms. The van der Waals surface area contributed by atoms with E-state index >= 15 is 0 Å². The normalized spacial score (nSPS) is 13.3. The zero-order chi connectivity index (χ0) is 7.97. The molecule has 0 aliphatic carbocycles. The number of furan rings is 1. The van der Waals surface area contributed by atoms with Crippen LogP contribution in [0, 0.1) is 0 Å². The number of anilines is 1. The molecule has 0 atom stereocenters. The molecule has 0 saturated heterocycles. The summed E-state index contributed by atoms with van der Waals surface area (Å²) >= 11 is 0. The fourth-order valence-electron chi connectivity index (χ4n) is 1.39. The molecule has 1 aliphatic heterocycles. The van der Waals surface area contributed by atoms with Gasteiger partial charge in [0.15, 0.2) is 5.76 Å². The van der Waals surface area contributed by atoms with Gasteiger partial charge in [0.1, 0.15) is 0 Å². The summed E-state index contributed by atoms with van der Waals surface area (Å²) in [5, 5.41) is 6.90. The van der Waals surface area contributed by atoms with Crippen LogP contribution in [0.15, 0.2) is 27.5 Å². The second-order valence-electron chi connectivity index (χ2n) is 2.70. The summed E-state index contributed by atoms with van der Waals surface area (Å²) in [7, 11) is 0. The van der Waals surface area contributed by atoms with Crippen molar-refractivity contribution >= 4 is 5.69 Å². The number of nitrogens with zero attached hydrogens (tertiary/aromatic N) is 1. The van der Waals surface area contributed by atoms with Crippen molar-refractivity contribution in [3.8, 4) is 11.5 Å². The minimum absolute atomic E-state index is 0.744. The first-order valence-electron chi connectivity index (χ1n) is 3.70. The Kier molecular flexibility index (Phi) is 0.935. The van der Waals surface area contributed by atoms with Gasteiger partial charge in [-0.15, -0.1) is 0 Å². The summed E-state index contributed by atoms with van der Waals surface area (Å²) in [6.45, 7) is 0.755. The first-order chi connectivity index (χ1) is 5.95. The maximum atomic E-state index is 5.24. The molecule has 0 fully saturated rings. The molecular weight excluding hydrogens is 156 g/mol. The molecule has 3 rings (SSSR count). The third-order valence-electron chi connectivity index (χ3n) is 1.98. The summed E-state index contributed by atoms with van der Waals surface area (Å²) < 4.78 is 10.3.